The summed E-state index contributed by atoms with van der Waals surface area (Å²) < 4.78 is 0. The topological polar surface area (TPSA) is 41.1 Å². The van der Waals surface area contributed by atoms with Crippen molar-refractivity contribution in [2.45, 2.75) is 45.2 Å². The molecule has 3 heteroatoms. The zero-order valence-corrected chi connectivity index (χ0v) is 9.05. The quantitative estimate of drug-likeness (QED) is 0.689. The molecule has 1 heterocycles. The lowest BCUT2D eigenvalue weighted by molar-refractivity contribution is -0.122. The normalized spacial score (nSPS) is 42.9. The van der Waals surface area contributed by atoms with Crippen molar-refractivity contribution in [2.75, 3.05) is 6.54 Å². The van der Waals surface area contributed by atoms with E-state index in [1.165, 1.54) is 6.42 Å². The van der Waals surface area contributed by atoms with E-state index >= 15 is 0 Å². The van der Waals surface area contributed by atoms with E-state index in [0.717, 1.165) is 24.8 Å². The number of amides is 1. The molecule has 0 bridgehead atoms. The maximum absolute atomic E-state index is 11.0. The molecule has 4 atom stereocenters. The molecule has 80 valence electrons. The van der Waals surface area contributed by atoms with Crippen LogP contribution < -0.4 is 10.6 Å². The van der Waals surface area contributed by atoms with E-state index in [-0.39, 0.29) is 5.91 Å². The maximum Gasteiger partial charge on any atom is 0.220 e. The summed E-state index contributed by atoms with van der Waals surface area (Å²) >= 11 is 0. The number of hydrogen-bond acceptors (Lipinski definition) is 2. The largest absolute Gasteiger partial charge is 0.355 e. The van der Waals surface area contributed by atoms with E-state index < -0.39 is 0 Å². The number of hydrogen-bond donors (Lipinski definition) is 2. The molecule has 2 rings (SSSR count). The zero-order valence-electron chi connectivity index (χ0n) is 9.05. The van der Waals surface area contributed by atoms with Crippen LogP contribution in [0.3, 0.4) is 0 Å². The van der Waals surface area contributed by atoms with Crippen LogP contribution in [0.4, 0.5) is 0 Å². The summed E-state index contributed by atoms with van der Waals surface area (Å²) in [5.74, 6) is 1.87. The first-order valence-corrected chi connectivity index (χ1v) is 5.69. The summed E-state index contributed by atoms with van der Waals surface area (Å²) in [6, 6.07) is 1.19. The van der Waals surface area contributed by atoms with Crippen LogP contribution >= 0.6 is 0 Å². The van der Waals surface area contributed by atoms with Crippen LogP contribution in [0.25, 0.3) is 0 Å². The Hall–Kier alpha value is -0.570. The number of carbonyl (C=O) groups excluding carboxylic acids is 1. The molecule has 14 heavy (non-hydrogen) atoms. The molecule has 1 aliphatic heterocycles. The van der Waals surface area contributed by atoms with Gasteiger partial charge in [0.25, 0.3) is 0 Å². The smallest absolute Gasteiger partial charge is 0.220 e. The molecule has 1 amide bonds. The van der Waals surface area contributed by atoms with Crippen LogP contribution in [0.15, 0.2) is 0 Å². The van der Waals surface area contributed by atoms with E-state index in [4.69, 9.17) is 0 Å². The Balaban J connectivity index is 1.73. The Morgan fingerprint density at radius 2 is 2.21 bits per heavy atom. The molecule has 0 aromatic carbocycles. The molecule has 2 aliphatic rings. The highest BCUT2D eigenvalue weighted by atomic mass is 16.1. The van der Waals surface area contributed by atoms with Gasteiger partial charge in [-0.2, -0.15) is 0 Å². The highest BCUT2D eigenvalue weighted by Gasteiger charge is 2.35. The minimum absolute atomic E-state index is 0.207. The van der Waals surface area contributed by atoms with Crippen LogP contribution in [0.5, 0.6) is 0 Å². The van der Waals surface area contributed by atoms with E-state index in [1.54, 1.807) is 0 Å². The summed E-state index contributed by atoms with van der Waals surface area (Å²) in [7, 11) is 0. The van der Waals surface area contributed by atoms with Gasteiger partial charge in [0.05, 0.1) is 0 Å². The van der Waals surface area contributed by atoms with E-state index in [0.29, 0.717) is 18.5 Å². The summed E-state index contributed by atoms with van der Waals surface area (Å²) in [6.45, 7) is 5.44. The first kappa shape index (κ1) is 9.97. The highest BCUT2D eigenvalue weighted by molar-refractivity contribution is 5.76. The predicted octanol–water partition coefficient (Wildman–Crippen LogP) is 0.899. The maximum atomic E-state index is 11.0. The molecule has 1 saturated carbocycles. The fourth-order valence-corrected chi connectivity index (χ4v) is 2.43. The minimum Gasteiger partial charge on any atom is -0.355 e. The second-order valence-electron chi connectivity index (χ2n) is 4.88. The second kappa shape index (κ2) is 3.89. The molecule has 1 saturated heterocycles. The van der Waals surface area contributed by atoms with Crippen LogP contribution in [0.2, 0.25) is 0 Å². The van der Waals surface area contributed by atoms with Gasteiger partial charge in [-0.3, -0.25) is 4.79 Å². The van der Waals surface area contributed by atoms with Crippen molar-refractivity contribution in [3.05, 3.63) is 0 Å². The fraction of sp³-hybridized carbons (Fsp3) is 0.909. The Kier molecular flexibility index (Phi) is 2.77. The van der Waals surface area contributed by atoms with Crippen molar-refractivity contribution in [2.24, 2.45) is 11.8 Å². The Morgan fingerprint density at radius 1 is 1.43 bits per heavy atom. The Morgan fingerprint density at radius 3 is 2.71 bits per heavy atom. The van der Waals surface area contributed by atoms with E-state index in [2.05, 4.69) is 24.5 Å². The summed E-state index contributed by atoms with van der Waals surface area (Å²) in [4.78, 5) is 11.0. The number of rotatable bonds is 2. The fourth-order valence-electron chi connectivity index (χ4n) is 2.43. The monoisotopic (exact) mass is 196 g/mol. The number of nitrogens with one attached hydrogen (secondary N) is 2. The third kappa shape index (κ3) is 1.92. The molecular formula is C11H20N2O. The molecule has 0 spiro atoms. The van der Waals surface area contributed by atoms with Crippen molar-refractivity contribution < 1.29 is 4.79 Å². The van der Waals surface area contributed by atoms with Gasteiger partial charge < -0.3 is 10.6 Å². The van der Waals surface area contributed by atoms with Crippen LogP contribution in [0, 0.1) is 11.8 Å². The van der Waals surface area contributed by atoms with Gasteiger partial charge in [0.2, 0.25) is 5.91 Å². The van der Waals surface area contributed by atoms with Gasteiger partial charge in [0.1, 0.15) is 0 Å². The van der Waals surface area contributed by atoms with Crippen molar-refractivity contribution in [3.63, 3.8) is 0 Å². The van der Waals surface area contributed by atoms with Crippen LogP contribution in [0.1, 0.15) is 33.1 Å². The van der Waals surface area contributed by atoms with Gasteiger partial charge in [-0.15, -0.1) is 0 Å². The lowest BCUT2D eigenvalue weighted by Crippen LogP contribution is -2.56. The average molecular weight is 196 g/mol. The third-order valence-electron chi connectivity index (χ3n) is 3.87. The van der Waals surface area contributed by atoms with Crippen LogP contribution in [-0.4, -0.2) is 24.5 Å². The summed E-state index contributed by atoms with van der Waals surface area (Å²) in [6.07, 6.45) is 2.99. The summed E-state index contributed by atoms with van der Waals surface area (Å²) in [5, 5.41) is 6.55. The minimum atomic E-state index is 0.207. The lowest BCUT2D eigenvalue weighted by Gasteiger charge is -2.44. The van der Waals surface area contributed by atoms with Gasteiger partial charge >= 0.3 is 0 Å². The molecule has 0 radical (unpaired) electrons. The van der Waals surface area contributed by atoms with Gasteiger partial charge in [-0.05, 0) is 24.7 Å². The van der Waals surface area contributed by atoms with Gasteiger partial charge in [-0.25, -0.2) is 0 Å². The average Bonchev–Trinajstić information content (AvgIpc) is 2.20. The molecule has 0 aromatic heterocycles. The van der Waals surface area contributed by atoms with Crippen molar-refractivity contribution in [3.8, 4) is 0 Å². The lowest BCUT2D eigenvalue weighted by atomic mass is 9.71. The number of piperidine rings is 1. The predicted molar refractivity (Wildman–Crippen MR) is 55.9 cm³/mol. The molecule has 2 N–H and O–H groups in total. The molecule has 1 aliphatic carbocycles. The molecule has 4 unspecified atom stereocenters. The van der Waals surface area contributed by atoms with Crippen molar-refractivity contribution >= 4 is 5.91 Å². The standard InChI is InChI=1S/C11H20N2O/c1-7-5-10(8(7)2)13-9-3-4-11(14)12-6-9/h7-10,13H,3-6H2,1-2H3,(H,12,14). The zero-order chi connectivity index (χ0) is 10.1. The van der Waals surface area contributed by atoms with Gasteiger partial charge in [0.15, 0.2) is 0 Å². The second-order valence-corrected chi connectivity index (χ2v) is 4.88. The van der Waals surface area contributed by atoms with Crippen molar-refractivity contribution in [1.82, 2.24) is 10.6 Å². The third-order valence-corrected chi connectivity index (χ3v) is 3.87. The number of carbonyl (C=O) groups is 1. The molecule has 3 nitrogen and oxygen atoms in total. The Labute approximate surface area is 85.6 Å². The molecule has 0 aromatic rings. The first-order valence-electron chi connectivity index (χ1n) is 5.69. The SMILES string of the molecule is CC1CC(NC2CCC(=O)NC2)C1C. The van der Waals surface area contributed by atoms with E-state index in [1.807, 2.05) is 0 Å². The van der Waals surface area contributed by atoms with Crippen molar-refractivity contribution in [1.29, 1.82) is 0 Å². The summed E-state index contributed by atoms with van der Waals surface area (Å²) in [5.41, 5.74) is 0. The molecular weight excluding hydrogens is 176 g/mol. The Bertz CT molecular complexity index is 219. The van der Waals surface area contributed by atoms with Gasteiger partial charge in [-0.1, -0.05) is 13.8 Å². The van der Waals surface area contributed by atoms with E-state index in [9.17, 15) is 4.79 Å². The first-order chi connectivity index (χ1) is 6.66. The molecule has 2 fully saturated rings. The van der Waals surface area contributed by atoms with Crippen LogP contribution in [-0.2, 0) is 4.79 Å². The highest BCUT2D eigenvalue weighted by Crippen LogP contribution is 2.34. The van der Waals surface area contributed by atoms with Gasteiger partial charge in [0, 0.05) is 25.0 Å².